The highest BCUT2D eigenvalue weighted by Crippen LogP contribution is 2.30. The lowest BCUT2D eigenvalue weighted by molar-refractivity contribution is -0.136. The number of ether oxygens (including phenoxy) is 1. The van der Waals surface area contributed by atoms with Gasteiger partial charge in [0.25, 0.3) is 5.92 Å². The molecular weight excluding hydrogens is 330 g/mol. The SMILES string of the molecule is CC(C)c1cc(Nc2cncc(OC3CCN(C)CC3(F)F)n2)n[nH]1. The first-order valence-corrected chi connectivity index (χ1v) is 8.21. The molecule has 25 heavy (non-hydrogen) atoms. The fraction of sp³-hybridized carbons (Fsp3) is 0.562. The Morgan fingerprint density at radius 1 is 1.36 bits per heavy atom. The second-order valence-electron chi connectivity index (χ2n) is 6.62. The van der Waals surface area contributed by atoms with Crippen molar-refractivity contribution in [3.05, 3.63) is 24.2 Å². The smallest absolute Gasteiger partial charge is 0.296 e. The summed E-state index contributed by atoms with van der Waals surface area (Å²) in [6, 6.07) is 1.87. The van der Waals surface area contributed by atoms with Crippen molar-refractivity contribution in [2.75, 3.05) is 25.5 Å². The van der Waals surface area contributed by atoms with Gasteiger partial charge >= 0.3 is 0 Å². The number of piperidine rings is 1. The molecule has 0 aromatic carbocycles. The van der Waals surface area contributed by atoms with E-state index in [1.807, 2.05) is 19.9 Å². The van der Waals surface area contributed by atoms with Crippen LogP contribution in [-0.2, 0) is 0 Å². The van der Waals surface area contributed by atoms with Gasteiger partial charge in [0.1, 0.15) is 0 Å². The highest BCUT2D eigenvalue weighted by Gasteiger charge is 2.45. The Kier molecular flexibility index (Phi) is 4.85. The predicted molar refractivity (Wildman–Crippen MR) is 89.5 cm³/mol. The largest absolute Gasteiger partial charge is 0.467 e. The first-order chi connectivity index (χ1) is 11.8. The third kappa shape index (κ3) is 4.22. The van der Waals surface area contributed by atoms with Crippen molar-refractivity contribution in [2.45, 2.75) is 38.2 Å². The minimum atomic E-state index is -2.92. The van der Waals surface area contributed by atoms with Crippen molar-refractivity contribution in [3.8, 4) is 5.88 Å². The zero-order valence-corrected chi connectivity index (χ0v) is 14.5. The molecule has 0 radical (unpaired) electrons. The molecular formula is C16H22F2N6O. The van der Waals surface area contributed by atoms with Crippen LogP contribution in [0.3, 0.4) is 0 Å². The highest BCUT2D eigenvalue weighted by molar-refractivity contribution is 5.51. The molecule has 2 aromatic rings. The van der Waals surface area contributed by atoms with Crippen LogP contribution in [0.2, 0.25) is 0 Å². The minimum absolute atomic E-state index is 0.0684. The minimum Gasteiger partial charge on any atom is -0.467 e. The van der Waals surface area contributed by atoms with Gasteiger partial charge in [0, 0.05) is 24.7 Å². The van der Waals surface area contributed by atoms with Crippen molar-refractivity contribution in [3.63, 3.8) is 0 Å². The lowest BCUT2D eigenvalue weighted by atomic mass is 10.0. The van der Waals surface area contributed by atoms with Gasteiger partial charge in [-0.3, -0.25) is 10.1 Å². The van der Waals surface area contributed by atoms with Crippen molar-refractivity contribution >= 4 is 11.6 Å². The number of aromatic nitrogens is 4. The van der Waals surface area contributed by atoms with Gasteiger partial charge in [-0.1, -0.05) is 13.8 Å². The molecule has 2 aromatic heterocycles. The van der Waals surface area contributed by atoms with E-state index in [1.54, 1.807) is 11.9 Å². The maximum absolute atomic E-state index is 14.1. The average molecular weight is 352 g/mol. The summed E-state index contributed by atoms with van der Waals surface area (Å²) in [5.41, 5.74) is 0.980. The van der Waals surface area contributed by atoms with E-state index >= 15 is 0 Å². The Bertz CT molecular complexity index is 720. The number of aromatic amines is 1. The molecule has 0 bridgehead atoms. The van der Waals surface area contributed by atoms with Crippen molar-refractivity contribution in [2.24, 2.45) is 0 Å². The normalized spacial score (nSPS) is 20.6. The summed E-state index contributed by atoms with van der Waals surface area (Å²) < 4.78 is 33.6. The van der Waals surface area contributed by atoms with Crippen LogP contribution in [0.25, 0.3) is 0 Å². The van der Waals surface area contributed by atoms with Gasteiger partial charge in [0.05, 0.1) is 18.9 Å². The molecule has 3 heterocycles. The second kappa shape index (κ2) is 6.91. The van der Waals surface area contributed by atoms with E-state index in [1.165, 1.54) is 12.4 Å². The summed E-state index contributed by atoms with van der Waals surface area (Å²) in [5.74, 6) is -1.57. The van der Waals surface area contributed by atoms with Crippen LogP contribution >= 0.6 is 0 Å². The monoisotopic (exact) mass is 352 g/mol. The maximum Gasteiger partial charge on any atom is 0.296 e. The molecule has 1 atom stereocenters. The molecule has 1 aliphatic rings. The van der Waals surface area contributed by atoms with E-state index in [4.69, 9.17) is 4.74 Å². The first kappa shape index (κ1) is 17.5. The lowest BCUT2D eigenvalue weighted by Gasteiger charge is -2.35. The Labute approximate surface area is 144 Å². The summed E-state index contributed by atoms with van der Waals surface area (Å²) in [6.07, 6.45) is 1.86. The van der Waals surface area contributed by atoms with Crippen molar-refractivity contribution < 1.29 is 13.5 Å². The third-order valence-corrected chi connectivity index (χ3v) is 4.08. The number of alkyl halides is 2. The van der Waals surface area contributed by atoms with E-state index < -0.39 is 12.0 Å². The molecule has 0 spiro atoms. The molecule has 0 aliphatic carbocycles. The van der Waals surface area contributed by atoms with Gasteiger partial charge < -0.3 is 15.0 Å². The molecule has 3 rings (SSSR count). The van der Waals surface area contributed by atoms with Gasteiger partial charge in [-0.2, -0.15) is 10.1 Å². The average Bonchev–Trinajstić information content (AvgIpc) is 2.99. The molecule has 0 amide bonds. The predicted octanol–water partition coefficient (Wildman–Crippen LogP) is 2.78. The van der Waals surface area contributed by atoms with Gasteiger partial charge in [-0.05, 0) is 13.0 Å². The lowest BCUT2D eigenvalue weighted by Crippen LogP contribution is -2.52. The van der Waals surface area contributed by atoms with Crippen LogP contribution in [0.4, 0.5) is 20.4 Å². The Morgan fingerprint density at radius 2 is 2.16 bits per heavy atom. The third-order valence-electron chi connectivity index (χ3n) is 4.08. The van der Waals surface area contributed by atoms with Crippen LogP contribution in [0.15, 0.2) is 18.5 Å². The molecule has 0 saturated carbocycles. The van der Waals surface area contributed by atoms with E-state index in [0.29, 0.717) is 24.1 Å². The second-order valence-corrected chi connectivity index (χ2v) is 6.62. The van der Waals surface area contributed by atoms with Crippen LogP contribution in [0.5, 0.6) is 5.88 Å². The van der Waals surface area contributed by atoms with E-state index in [2.05, 4.69) is 25.5 Å². The molecule has 1 aliphatic heterocycles. The van der Waals surface area contributed by atoms with Crippen LogP contribution < -0.4 is 10.1 Å². The number of nitrogens with zero attached hydrogens (tertiary/aromatic N) is 4. The number of halogens is 2. The Balaban J connectivity index is 1.69. The first-order valence-electron chi connectivity index (χ1n) is 8.21. The van der Waals surface area contributed by atoms with Crippen LogP contribution in [-0.4, -0.2) is 57.2 Å². The van der Waals surface area contributed by atoms with Gasteiger partial charge in [0.15, 0.2) is 17.7 Å². The number of H-pyrrole nitrogens is 1. The van der Waals surface area contributed by atoms with Crippen LogP contribution in [0, 0.1) is 0 Å². The number of hydrogen-bond acceptors (Lipinski definition) is 6. The number of rotatable bonds is 5. The zero-order chi connectivity index (χ0) is 18.0. The van der Waals surface area contributed by atoms with E-state index in [0.717, 1.165) is 5.69 Å². The van der Waals surface area contributed by atoms with E-state index in [9.17, 15) is 8.78 Å². The van der Waals surface area contributed by atoms with Gasteiger partial charge in [-0.15, -0.1) is 0 Å². The highest BCUT2D eigenvalue weighted by atomic mass is 19.3. The summed E-state index contributed by atoms with van der Waals surface area (Å²) in [6.45, 7) is 4.33. The van der Waals surface area contributed by atoms with E-state index in [-0.39, 0.29) is 18.8 Å². The molecule has 2 N–H and O–H groups in total. The maximum atomic E-state index is 14.1. The quantitative estimate of drug-likeness (QED) is 0.861. The Morgan fingerprint density at radius 3 is 2.84 bits per heavy atom. The standard InChI is InChI=1S/C16H22F2N6O/c1-10(2)11-6-13(23-22-11)20-14-7-19-8-15(21-14)25-12-4-5-24(3)9-16(12,17)18/h6-8,10,12H,4-5,9H2,1-3H3,(H2,20,21,22,23). The van der Waals surface area contributed by atoms with Crippen molar-refractivity contribution in [1.29, 1.82) is 0 Å². The Hall–Kier alpha value is -2.29. The number of hydrogen-bond donors (Lipinski definition) is 2. The fourth-order valence-corrected chi connectivity index (χ4v) is 2.67. The van der Waals surface area contributed by atoms with Crippen LogP contribution in [0.1, 0.15) is 31.9 Å². The summed E-state index contributed by atoms with van der Waals surface area (Å²) in [7, 11) is 1.67. The molecule has 7 nitrogen and oxygen atoms in total. The van der Waals surface area contributed by atoms with Crippen molar-refractivity contribution in [1.82, 2.24) is 25.1 Å². The number of likely N-dealkylation sites (tertiary alicyclic amines) is 1. The van der Waals surface area contributed by atoms with Gasteiger partial charge in [-0.25, -0.2) is 8.78 Å². The summed E-state index contributed by atoms with van der Waals surface area (Å²) in [4.78, 5) is 9.80. The molecule has 1 unspecified atom stereocenters. The topological polar surface area (TPSA) is 79.0 Å². The fourth-order valence-electron chi connectivity index (χ4n) is 2.67. The number of anilines is 2. The summed E-state index contributed by atoms with van der Waals surface area (Å²) in [5, 5.41) is 10.1. The molecule has 1 fully saturated rings. The summed E-state index contributed by atoms with van der Waals surface area (Å²) >= 11 is 0. The zero-order valence-electron chi connectivity index (χ0n) is 14.5. The molecule has 1 saturated heterocycles. The molecule has 136 valence electrons. The molecule has 9 heteroatoms. The van der Waals surface area contributed by atoms with Gasteiger partial charge in [0.2, 0.25) is 5.88 Å². The number of nitrogens with one attached hydrogen (secondary N) is 2.